The molecule has 0 amide bonds. The van der Waals surface area contributed by atoms with Gasteiger partial charge in [0, 0.05) is 5.75 Å². The maximum atomic E-state index is 10.8. The van der Waals surface area contributed by atoms with Gasteiger partial charge in [0.25, 0.3) is 0 Å². The normalized spacial score (nSPS) is 13.4. The molecule has 7 nitrogen and oxygen atoms in total. The molecule has 0 unspecified atom stereocenters. The molecule has 0 aliphatic carbocycles. The SMILES string of the molecule is Cc1cccc(OCc2nnc3n2N=C(CC(=O)O)CS3)c1. The number of carboxylic acids is 1. The number of carbonyl (C=O) groups is 1. The quantitative estimate of drug-likeness (QED) is 0.906. The van der Waals surface area contributed by atoms with Crippen LogP contribution in [-0.4, -0.2) is 37.4 Å². The Kier molecular flexibility index (Phi) is 4.10. The Morgan fingerprint density at radius 2 is 2.32 bits per heavy atom. The number of thioether (sulfide) groups is 1. The lowest BCUT2D eigenvalue weighted by atomic mass is 10.2. The van der Waals surface area contributed by atoms with Gasteiger partial charge < -0.3 is 9.84 Å². The maximum Gasteiger partial charge on any atom is 0.309 e. The summed E-state index contributed by atoms with van der Waals surface area (Å²) in [5.74, 6) is 0.916. The zero-order chi connectivity index (χ0) is 15.5. The molecule has 1 aliphatic heterocycles. The van der Waals surface area contributed by atoms with E-state index in [2.05, 4.69) is 15.3 Å². The van der Waals surface area contributed by atoms with Crippen molar-refractivity contribution in [3.8, 4) is 5.75 Å². The number of benzene rings is 1. The number of fused-ring (bicyclic) bond motifs is 1. The Bertz CT molecular complexity index is 741. The third-order valence-corrected chi connectivity index (χ3v) is 3.99. The Labute approximate surface area is 131 Å². The Morgan fingerprint density at radius 3 is 3.09 bits per heavy atom. The molecule has 0 spiro atoms. The molecule has 1 N–H and O–H groups in total. The van der Waals surface area contributed by atoms with Crippen molar-refractivity contribution in [2.75, 3.05) is 5.75 Å². The highest BCUT2D eigenvalue weighted by Gasteiger charge is 2.20. The summed E-state index contributed by atoms with van der Waals surface area (Å²) in [4.78, 5) is 10.8. The molecule has 0 radical (unpaired) electrons. The molecule has 0 fully saturated rings. The minimum atomic E-state index is -0.895. The van der Waals surface area contributed by atoms with Crippen LogP contribution in [0.3, 0.4) is 0 Å². The summed E-state index contributed by atoms with van der Waals surface area (Å²) < 4.78 is 7.25. The van der Waals surface area contributed by atoms with Crippen LogP contribution in [0.2, 0.25) is 0 Å². The summed E-state index contributed by atoms with van der Waals surface area (Å²) in [6.07, 6.45) is -0.0806. The zero-order valence-corrected chi connectivity index (χ0v) is 12.7. The number of aryl methyl sites for hydroxylation is 1. The minimum Gasteiger partial charge on any atom is -0.486 e. The molecule has 1 aromatic heterocycles. The number of aliphatic carboxylic acids is 1. The molecular weight excluding hydrogens is 304 g/mol. The topological polar surface area (TPSA) is 89.6 Å². The van der Waals surface area contributed by atoms with Gasteiger partial charge in [-0.2, -0.15) is 9.78 Å². The molecular formula is C14H14N4O3S. The average molecular weight is 318 g/mol. The predicted molar refractivity (Wildman–Crippen MR) is 81.3 cm³/mol. The zero-order valence-electron chi connectivity index (χ0n) is 11.9. The summed E-state index contributed by atoms with van der Waals surface area (Å²) in [6.45, 7) is 2.21. The van der Waals surface area contributed by atoms with Crippen molar-refractivity contribution in [2.45, 2.75) is 25.1 Å². The van der Waals surface area contributed by atoms with Crippen molar-refractivity contribution in [1.29, 1.82) is 0 Å². The van der Waals surface area contributed by atoms with E-state index in [9.17, 15) is 4.79 Å². The fourth-order valence-corrected chi connectivity index (χ4v) is 2.83. The number of carboxylic acid groups (broad SMARTS) is 1. The lowest BCUT2D eigenvalue weighted by Crippen LogP contribution is -2.17. The van der Waals surface area contributed by atoms with Gasteiger partial charge in [-0.05, 0) is 24.6 Å². The van der Waals surface area contributed by atoms with Crippen LogP contribution in [0.4, 0.5) is 0 Å². The van der Waals surface area contributed by atoms with Crippen molar-refractivity contribution >= 4 is 23.4 Å². The Hall–Kier alpha value is -2.35. The first-order valence-electron chi connectivity index (χ1n) is 6.67. The third kappa shape index (κ3) is 3.28. The lowest BCUT2D eigenvalue weighted by molar-refractivity contribution is -0.135. The van der Waals surface area contributed by atoms with Crippen LogP contribution in [0.25, 0.3) is 0 Å². The van der Waals surface area contributed by atoms with Crippen LogP contribution in [0.1, 0.15) is 17.8 Å². The van der Waals surface area contributed by atoms with Crippen molar-refractivity contribution < 1.29 is 14.6 Å². The van der Waals surface area contributed by atoms with Crippen molar-refractivity contribution in [3.63, 3.8) is 0 Å². The average Bonchev–Trinajstić information content (AvgIpc) is 2.87. The molecule has 0 bridgehead atoms. The molecule has 22 heavy (non-hydrogen) atoms. The van der Waals surface area contributed by atoms with Gasteiger partial charge in [-0.25, -0.2) is 0 Å². The number of hydrogen-bond donors (Lipinski definition) is 1. The second kappa shape index (κ2) is 6.18. The first-order valence-corrected chi connectivity index (χ1v) is 7.65. The van der Waals surface area contributed by atoms with Crippen molar-refractivity contribution in [1.82, 2.24) is 14.9 Å². The van der Waals surface area contributed by atoms with E-state index in [1.54, 1.807) is 4.68 Å². The van der Waals surface area contributed by atoms with E-state index >= 15 is 0 Å². The molecule has 3 rings (SSSR count). The second-order valence-corrected chi connectivity index (χ2v) is 5.78. The van der Waals surface area contributed by atoms with Gasteiger partial charge in [0.2, 0.25) is 5.16 Å². The molecule has 2 heterocycles. The summed E-state index contributed by atoms with van der Waals surface area (Å²) >= 11 is 1.42. The highest BCUT2D eigenvalue weighted by Crippen LogP contribution is 2.23. The summed E-state index contributed by atoms with van der Waals surface area (Å²) in [7, 11) is 0. The van der Waals surface area contributed by atoms with E-state index in [0.717, 1.165) is 11.3 Å². The first-order chi connectivity index (χ1) is 10.6. The number of hydrogen-bond acceptors (Lipinski definition) is 6. The molecule has 8 heteroatoms. The summed E-state index contributed by atoms with van der Waals surface area (Å²) in [5.41, 5.74) is 1.69. The van der Waals surface area contributed by atoms with Gasteiger partial charge in [0.05, 0.1) is 12.1 Å². The summed E-state index contributed by atoms with van der Waals surface area (Å²) in [5, 5.41) is 21.9. The van der Waals surface area contributed by atoms with Gasteiger partial charge in [-0.3, -0.25) is 4.79 Å². The smallest absolute Gasteiger partial charge is 0.309 e. The highest BCUT2D eigenvalue weighted by atomic mass is 32.2. The molecule has 0 saturated carbocycles. The van der Waals surface area contributed by atoms with E-state index in [-0.39, 0.29) is 13.0 Å². The van der Waals surface area contributed by atoms with Crippen LogP contribution in [0.15, 0.2) is 34.5 Å². The Balaban J connectivity index is 1.75. The van der Waals surface area contributed by atoms with Crippen molar-refractivity contribution in [2.24, 2.45) is 5.10 Å². The molecule has 1 aromatic carbocycles. The number of ether oxygens (including phenoxy) is 1. The fourth-order valence-electron chi connectivity index (χ4n) is 2.01. The molecule has 0 saturated heterocycles. The Morgan fingerprint density at radius 1 is 1.45 bits per heavy atom. The van der Waals surface area contributed by atoms with E-state index in [1.165, 1.54) is 11.8 Å². The molecule has 0 atom stereocenters. The van der Waals surface area contributed by atoms with Gasteiger partial charge >= 0.3 is 5.97 Å². The highest BCUT2D eigenvalue weighted by molar-refractivity contribution is 7.99. The molecule has 2 aromatic rings. The minimum absolute atomic E-state index is 0.0806. The standard InChI is InChI=1S/C14H14N4O3S/c1-9-3-2-4-11(5-9)21-7-12-15-16-14-18(12)17-10(8-22-14)6-13(19)20/h2-5H,6-8H2,1H3,(H,19,20). The maximum absolute atomic E-state index is 10.8. The fraction of sp³-hybridized carbons (Fsp3) is 0.286. The largest absolute Gasteiger partial charge is 0.486 e. The van der Waals surface area contributed by atoms with E-state index in [0.29, 0.717) is 22.4 Å². The van der Waals surface area contributed by atoms with Crippen LogP contribution in [0.5, 0.6) is 5.75 Å². The van der Waals surface area contributed by atoms with Gasteiger partial charge in [0.1, 0.15) is 12.4 Å². The van der Waals surface area contributed by atoms with Gasteiger partial charge in [-0.15, -0.1) is 10.2 Å². The van der Waals surface area contributed by atoms with Crippen LogP contribution < -0.4 is 4.74 Å². The van der Waals surface area contributed by atoms with Crippen LogP contribution >= 0.6 is 11.8 Å². The van der Waals surface area contributed by atoms with Crippen molar-refractivity contribution in [3.05, 3.63) is 35.7 Å². The summed E-state index contributed by atoms with van der Waals surface area (Å²) in [6, 6.07) is 7.71. The number of rotatable bonds is 5. The first kappa shape index (κ1) is 14.6. The second-order valence-electron chi connectivity index (χ2n) is 4.84. The van der Waals surface area contributed by atoms with E-state index in [4.69, 9.17) is 9.84 Å². The monoisotopic (exact) mass is 318 g/mol. The van der Waals surface area contributed by atoms with Crippen LogP contribution in [0, 0.1) is 6.92 Å². The number of aromatic nitrogens is 3. The third-order valence-electron chi connectivity index (χ3n) is 3.00. The van der Waals surface area contributed by atoms with E-state index in [1.807, 2.05) is 31.2 Å². The predicted octanol–water partition coefficient (Wildman–Crippen LogP) is 1.95. The van der Waals surface area contributed by atoms with Crippen LogP contribution in [-0.2, 0) is 11.4 Å². The lowest BCUT2D eigenvalue weighted by Gasteiger charge is -2.12. The van der Waals surface area contributed by atoms with Gasteiger partial charge in [-0.1, -0.05) is 23.9 Å². The van der Waals surface area contributed by atoms with Gasteiger partial charge in [0.15, 0.2) is 5.82 Å². The molecule has 1 aliphatic rings. The number of nitrogens with zero attached hydrogens (tertiary/aromatic N) is 4. The van der Waals surface area contributed by atoms with E-state index < -0.39 is 5.97 Å². The molecule has 114 valence electrons.